The van der Waals surface area contributed by atoms with Crippen molar-refractivity contribution in [3.8, 4) is 22.8 Å². The zero-order valence-corrected chi connectivity index (χ0v) is 13.8. The van der Waals surface area contributed by atoms with Crippen molar-refractivity contribution in [2.75, 3.05) is 18.5 Å². The summed E-state index contributed by atoms with van der Waals surface area (Å²) in [6.07, 6.45) is 0. The first-order valence-electron chi connectivity index (χ1n) is 7.61. The number of thiazole rings is 1. The predicted octanol–water partition coefficient (Wildman–Crippen LogP) is 3.97. The van der Waals surface area contributed by atoms with Crippen LogP contribution in [-0.4, -0.2) is 24.1 Å². The van der Waals surface area contributed by atoms with Gasteiger partial charge in [-0.3, -0.25) is 10.1 Å². The lowest BCUT2D eigenvalue weighted by Gasteiger charge is -2.18. The van der Waals surface area contributed by atoms with Crippen LogP contribution in [0.5, 0.6) is 11.5 Å². The van der Waals surface area contributed by atoms with E-state index in [2.05, 4.69) is 10.3 Å². The van der Waals surface area contributed by atoms with Crippen LogP contribution >= 0.6 is 11.3 Å². The molecule has 0 spiro atoms. The Kier molecular flexibility index (Phi) is 4.07. The first-order valence-corrected chi connectivity index (χ1v) is 8.49. The van der Waals surface area contributed by atoms with Crippen LogP contribution in [0.2, 0.25) is 0 Å². The quantitative estimate of drug-likeness (QED) is 0.771. The van der Waals surface area contributed by atoms with E-state index in [0.29, 0.717) is 29.7 Å². The molecule has 25 heavy (non-hydrogen) atoms. The molecule has 1 amide bonds. The van der Waals surface area contributed by atoms with Crippen molar-refractivity contribution in [1.82, 2.24) is 4.98 Å². The summed E-state index contributed by atoms with van der Waals surface area (Å²) >= 11 is 1.32. The average molecular weight is 356 g/mol. The highest BCUT2D eigenvalue weighted by atomic mass is 32.1. The van der Waals surface area contributed by atoms with E-state index >= 15 is 0 Å². The molecular weight excluding hydrogens is 343 g/mol. The van der Waals surface area contributed by atoms with Gasteiger partial charge in [-0.15, -0.1) is 11.3 Å². The first-order chi connectivity index (χ1) is 12.2. The molecule has 4 rings (SSSR count). The van der Waals surface area contributed by atoms with E-state index in [9.17, 15) is 9.18 Å². The van der Waals surface area contributed by atoms with Gasteiger partial charge in [0.05, 0.1) is 5.69 Å². The standard InChI is InChI=1S/C18H13FN2O3S/c19-13-4-1-11(2-5-13)17(22)21-18-20-14(10-25-18)12-3-6-15-16(9-12)24-8-7-23-15/h1-6,9-10H,7-8H2,(H,20,21,22). The minimum atomic E-state index is -0.383. The van der Waals surface area contributed by atoms with Gasteiger partial charge in [-0.2, -0.15) is 0 Å². The van der Waals surface area contributed by atoms with Crippen molar-refractivity contribution < 1.29 is 18.7 Å². The van der Waals surface area contributed by atoms with Crippen molar-refractivity contribution in [2.24, 2.45) is 0 Å². The van der Waals surface area contributed by atoms with Crippen molar-refractivity contribution >= 4 is 22.4 Å². The Morgan fingerprint density at radius 1 is 1.08 bits per heavy atom. The van der Waals surface area contributed by atoms with E-state index in [1.165, 1.54) is 35.6 Å². The average Bonchev–Trinajstić information content (AvgIpc) is 3.10. The summed E-state index contributed by atoms with van der Waals surface area (Å²) in [7, 11) is 0. The highest BCUT2D eigenvalue weighted by molar-refractivity contribution is 7.14. The molecule has 1 aliphatic rings. The maximum absolute atomic E-state index is 12.9. The van der Waals surface area contributed by atoms with Crippen LogP contribution in [0.15, 0.2) is 47.8 Å². The summed E-state index contributed by atoms with van der Waals surface area (Å²) in [5.41, 5.74) is 1.98. The molecule has 3 aromatic rings. The number of hydrogen-bond donors (Lipinski definition) is 1. The maximum Gasteiger partial charge on any atom is 0.257 e. The molecular formula is C18H13FN2O3S. The van der Waals surface area contributed by atoms with Crippen molar-refractivity contribution in [2.45, 2.75) is 0 Å². The number of carbonyl (C=O) groups excluding carboxylic acids is 1. The monoisotopic (exact) mass is 356 g/mol. The van der Waals surface area contributed by atoms with Crippen LogP contribution in [-0.2, 0) is 0 Å². The molecule has 0 saturated carbocycles. The third-order valence-corrected chi connectivity index (χ3v) is 4.43. The number of nitrogens with zero attached hydrogens (tertiary/aromatic N) is 1. The molecule has 0 aliphatic carbocycles. The van der Waals surface area contributed by atoms with Gasteiger partial charge in [-0.05, 0) is 42.5 Å². The summed E-state index contributed by atoms with van der Waals surface area (Å²) in [4.78, 5) is 16.6. The number of benzene rings is 2. The molecule has 0 radical (unpaired) electrons. The van der Waals surface area contributed by atoms with Gasteiger partial charge in [-0.25, -0.2) is 9.37 Å². The van der Waals surface area contributed by atoms with Gasteiger partial charge >= 0.3 is 0 Å². The molecule has 7 heteroatoms. The van der Waals surface area contributed by atoms with E-state index in [1.807, 2.05) is 23.6 Å². The number of carbonyl (C=O) groups is 1. The summed E-state index contributed by atoms with van der Waals surface area (Å²) in [6, 6.07) is 11.0. The molecule has 2 heterocycles. The minimum Gasteiger partial charge on any atom is -0.486 e. The molecule has 2 aromatic carbocycles. The van der Waals surface area contributed by atoms with Gasteiger partial charge in [0.15, 0.2) is 16.6 Å². The number of nitrogens with one attached hydrogen (secondary N) is 1. The summed E-state index contributed by atoms with van der Waals surface area (Å²) in [5, 5.41) is 5.04. The van der Waals surface area contributed by atoms with Gasteiger partial charge in [0.1, 0.15) is 19.0 Å². The molecule has 1 aromatic heterocycles. The fourth-order valence-electron chi connectivity index (χ4n) is 2.44. The fourth-order valence-corrected chi connectivity index (χ4v) is 3.15. The molecule has 1 N–H and O–H groups in total. The molecule has 0 saturated heterocycles. The lowest BCUT2D eigenvalue weighted by Crippen LogP contribution is -2.15. The molecule has 0 fully saturated rings. The van der Waals surface area contributed by atoms with Crippen LogP contribution < -0.4 is 14.8 Å². The van der Waals surface area contributed by atoms with Crippen LogP contribution in [0.4, 0.5) is 9.52 Å². The maximum atomic E-state index is 12.9. The van der Waals surface area contributed by atoms with E-state index in [-0.39, 0.29) is 11.7 Å². The summed E-state index contributed by atoms with van der Waals surface area (Å²) in [5.74, 6) is 0.693. The normalized spacial score (nSPS) is 12.7. The van der Waals surface area contributed by atoms with E-state index in [4.69, 9.17) is 9.47 Å². The largest absolute Gasteiger partial charge is 0.486 e. The third-order valence-electron chi connectivity index (χ3n) is 3.67. The third kappa shape index (κ3) is 3.32. The van der Waals surface area contributed by atoms with Crippen molar-refractivity contribution in [3.63, 3.8) is 0 Å². The number of aromatic nitrogens is 1. The van der Waals surface area contributed by atoms with Crippen LogP contribution in [0.1, 0.15) is 10.4 Å². The Balaban J connectivity index is 1.52. The number of ether oxygens (including phenoxy) is 2. The van der Waals surface area contributed by atoms with E-state index in [1.54, 1.807) is 0 Å². The van der Waals surface area contributed by atoms with Crippen LogP contribution in [0.25, 0.3) is 11.3 Å². The Morgan fingerprint density at radius 3 is 2.64 bits per heavy atom. The van der Waals surface area contributed by atoms with Crippen molar-refractivity contribution in [1.29, 1.82) is 0 Å². The minimum absolute atomic E-state index is 0.330. The molecule has 0 bridgehead atoms. The molecule has 0 atom stereocenters. The van der Waals surface area contributed by atoms with E-state index in [0.717, 1.165) is 17.0 Å². The SMILES string of the molecule is O=C(Nc1nc(-c2ccc3c(c2)OCCO3)cs1)c1ccc(F)cc1. The second-order valence-electron chi connectivity index (χ2n) is 5.36. The van der Waals surface area contributed by atoms with Crippen molar-refractivity contribution in [3.05, 3.63) is 59.2 Å². The lowest BCUT2D eigenvalue weighted by atomic mass is 10.1. The Labute approximate surface area is 147 Å². The van der Waals surface area contributed by atoms with Gasteiger partial charge in [-0.1, -0.05) is 0 Å². The van der Waals surface area contributed by atoms with Crippen LogP contribution in [0.3, 0.4) is 0 Å². The zero-order chi connectivity index (χ0) is 17.2. The summed E-state index contributed by atoms with van der Waals surface area (Å²) in [6.45, 7) is 1.06. The first kappa shape index (κ1) is 15.6. The zero-order valence-electron chi connectivity index (χ0n) is 13.0. The van der Waals surface area contributed by atoms with E-state index < -0.39 is 0 Å². The second kappa shape index (κ2) is 6.52. The summed E-state index contributed by atoms with van der Waals surface area (Å²) < 4.78 is 24.0. The number of anilines is 1. The van der Waals surface area contributed by atoms with Gasteiger partial charge in [0, 0.05) is 16.5 Å². The highest BCUT2D eigenvalue weighted by Crippen LogP contribution is 2.35. The molecule has 126 valence electrons. The molecule has 0 unspecified atom stereocenters. The predicted molar refractivity (Wildman–Crippen MR) is 92.9 cm³/mol. The Morgan fingerprint density at radius 2 is 1.84 bits per heavy atom. The number of hydrogen-bond acceptors (Lipinski definition) is 5. The number of fused-ring (bicyclic) bond motifs is 1. The molecule has 5 nitrogen and oxygen atoms in total. The van der Waals surface area contributed by atoms with Gasteiger partial charge in [0.25, 0.3) is 5.91 Å². The fraction of sp³-hybridized carbons (Fsp3) is 0.111. The lowest BCUT2D eigenvalue weighted by molar-refractivity contribution is 0.102. The Hall–Kier alpha value is -2.93. The number of rotatable bonds is 3. The van der Waals surface area contributed by atoms with Crippen LogP contribution in [0, 0.1) is 5.82 Å². The highest BCUT2D eigenvalue weighted by Gasteiger charge is 2.15. The smallest absolute Gasteiger partial charge is 0.257 e. The number of halogens is 1. The topological polar surface area (TPSA) is 60.5 Å². The number of amides is 1. The Bertz CT molecular complexity index is 924. The second-order valence-corrected chi connectivity index (χ2v) is 6.22. The van der Waals surface area contributed by atoms with Gasteiger partial charge in [0.2, 0.25) is 0 Å². The van der Waals surface area contributed by atoms with Gasteiger partial charge < -0.3 is 9.47 Å². The molecule has 1 aliphatic heterocycles.